The number of carbonyl (C=O) groups excluding carboxylic acids is 1. The first kappa shape index (κ1) is 25.2. The largest absolute Gasteiger partial charge is 0.491 e. The van der Waals surface area contributed by atoms with Crippen LogP contribution in [0.1, 0.15) is 23.7 Å². The van der Waals surface area contributed by atoms with E-state index in [0.717, 1.165) is 44.8 Å². The fraction of sp³-hybridized carbons (Fsp3) is 0.241. The fourth-order valence-electron chi connectivity index (χ4n) is 4.48. The standard InChI is InChI=1S/C29H28N4O5/c1-3-37-29(35)31-27-17-20-10-9-19(16-24(20)30-27)23-14-18(8-11-26(23)38-13-12-36-2)15-25-21-6-4-5-7-22(21)28(34)33-32-25/h4-11,14,16H,3,12-13,15,17H2,1-2H3,(H,33,34)(H,30,31,35). The average molecular weight is 513 g/mol. The van der Waals surface area contributed by atoms with Crippen LogP contribution in [0.4, 0.5) is 10.5 Å². The molecule has 2 heterocycles. The van der Waals surface area contributed by atoms with Crippen LogP contribution in [-0.4, -0.2) is 49.1 Å². The molecule has 0 aliphatic carbocycles. The molecule has 5 rings (SSSR count). The Kier molecular flexibility index (Phi) is 7.46. The van der Waals surface area contributed by atoms with Crippen molar-refractivity contribution in [2.45, 2.75) is 19.8 Å². The Morgan fingerprint density at radius 3 is 2.71 bits per heavy atom. The van der Waals surface area contributed by atoms with E-state index in [9.17, 15) is 9.59 Å². The maximum Gasteiger partial charge on any atom is 0.412 e. The van der Waals surface area contributed by atoms with Crippen LogP contribution in [0, 0.1) is 0 Å². The molecule has 0 atom stereocenters. The molecule has 38 heavy (non-hydrogen) atoms. The van der Waals surface area contributed by atoms with Crippen molar-refractivity contribution >= 4 is 28.4 Å². The number of methoxy groups -OCH3 is 1. The Bertz CT molecular complexity index is 1580. The van der Waals surface area contributed by atoms with Gasteiger partial charge in [0.15, 0.2) is 0 Å². The molecule has 0 spiro atoms. The van der Waals surface area contributed by atoms with Crippen molar-refractivity contribution in [2.75, 3.05) is 26.9 Å². The molecule has 2 N–H and O–H groups in total. The summed E-state index contributed by atoms with van der Waals surface area (Å²) in [4.78, 5) is 28.6. The topological polar surface area (TPSA) is 115 Å². The lowest BCUT2D eigenvalue weighted by Gasteiger charge is -2.14. The normalized spacial score (nSPS) is 12.2. The van der Waals surface area contributed by atoms with E-state index >= 15 is 0 Å². The van der Waals surface area contributed by atoms with Crippen LogP contribution < -0.4 is 15.6 Å². The summed E-state index contributed by atoms with van der Waals surface area (Å²) in [6.45, 7) is 2.92. The highest BCUT2D eigenvalue weighted by Crippen LogP contribution is 2.37. The second-order valence-electron chi connectivity index (χ2n) is 8.82. The molecule has 1 aromatic heterocycles. The molecular formula is C29H28N4O5. The van der Waals surface area contributed by atoms with Crippen LogP contribution in [0.25, 0.3) is 21.9 Å². The number of nitrogens with one attached hydrogen (secondary N) is 2. The Morgan fingerprint density at radius 2 is 1.89 bits per heavy atom. The van der Waals surface area contributed by atoms with Gasteiger partial charge in [0.2, 0.25) is 0 Å². The van der Waals surface area contributed by atoms with E-state index in [0.29, 0.717) is 43.9 Å². The lowest BCUT2D eigenvalue weighted by atomic mass is 9.97. The van der Waals surface area contributed by atoms with Crippen LogP contribution in [0.5, 0.6) is 5.75 Å². The highest BCUT2D eigenvalue weighted by atomic mass is 16.5. The summed E-state index contributed by atoms with van der Waals surface area (Å²) >= 11 is 0. The highest BCUT2D eigenvalue weighted by Gasteiger charge is 2.19. The Balaban J connectivity index is 1.49. The first-order valence-corrected chi connectivity index (χ1v) is 12.4. The first-order chi connectivity index (χ1) is 18.6. The summed E-state index contributed by atoms with van der Waals surface area (Å²) < 4.78 is 16.2. The molecule has 1 aliphatic heterocycles. The molecule has 1 aliphatic rings. The van der Waals surface area contributed by atoms with Crippen LogP contribution in [0.15, 0.2) is 70.5 Å². The minimum absolute atomic E-state index is 0.206. The number of hydrogen-bond donors (Lipinski definition) is 2. The van der Waals surface area contributed by atoms with Crippen LogP contribution in [-0.2, 0) is 22.3 Å². The molecule has 194 valence electrons. The summed E-state index contributed by atoms with van der Waals surface area (Å²) in [7, 11) is 1.63. The van der Waals surface area contributed by atoms with Crippen molar-refractivity contribution in [2.24, 2.45) is 4.99 Å². The molecule has 0 fully saturated rings. The van der Waals surface area contributed by atoms with E-state index in [4.69, 9.17) is 14.2 Å². The number of ether oxygens (including phenoxy) is 3. The Morgan fingerprint density at radius 1 is 1.05 bits per heavy atom. The number of aromatic nitrogens is 2. The van der Waals surface area contributed by atoms with Gasteiger partial charge < -0.3 is 14.2 Å². The fourth-order valence-corrected chi connectivity index (χ4v) is 4.48. The summed E-state index contributed by atoms with van der Waals surface area (Å²) in [5.41, 5.74) is 5.22. The highest BCUT2D eigenvalue weighted by molar-refractivity contribution is 6.01. The van der Waals surface area contributed by atoms with Gasteiger partial charge in [-0.3, -0.25) is 10.1 Å². The third kappa shape index (κ3) is 5.42. The van der Waals surface area contributed by atoms with Crippen molar-refractivity contribution in [3.63, 3.8) is 0 Å². The van der Waals surface area contributed by atoms with Gasteiger partial charge >= 0.3 is 6.09 Å². The number of amidine groups is 1. The molecule has 4 aromatic rings. The van der Waals surface area contributed by atoms with Crippen molar-refractivity contribution in [3.8, 4) is 16.9 Å². The number of aromatic amines is 1. The van der Waals surface area contributed by atoms with Gasteiger partial charge in [0.1, 0.15) is 18.2 Å². The monoisotopic (exact) mass is 512 g/mol. The lowest BCUT2D eigenvalue weighted by Crippen LogP contribution is -2.30. The van der Waals surface area contributed by atoms with E-state index in [1.807, 2.05) is 48.5 Å². The third-order valence-corrected chi connectivity index (χ3v) is 6.27. The predicted molar refractivity (Wildman–Crippen MR) is 145 cm³/mol. The zero-order valence-corrected chi connectivity index (χ0v) is 21.2. The average Bonchev–Trinajstić information content (AvgIpc) is 3.32. The minimum atomic E-state index is -0.510. The number of benzene rings is 3. The van der Waals surface area contributed by atoms with E-state index < -0.39 is 6.09 Å². The van der Waals surface area contributed by atoms with E-state index in [-0.39, 0.29) is 5.56 Å². The SMILES string of the molecule is CCOC(=O)NC1=Nc2cc(-c3cc(Cc4n[nH]c(=O)c5ccccc45)ccc3OCCOC)ccc2C1. The predicted octanol–water partition coefficient (Wildman–Crippen LogP) is 4.54. The summed E-state index contributed by atoms with van der Waals surface area (Å²) in [6.07, 6.45) is 0.542. The van der Waals surface area contributed by atoms with E-state index in [1.165, 1.54) is 0 Å². The van der Waals surface area contributed by atoms with E-state index in [2.05, 4.69) is 26.6 Å². The van der Waals surface area contributed by atoms with Crippen molar-refractivity contribution in [1.29, 1.82) is 0 Å². The number of rotatable bonds is 8. The third-order valence-electron chi connectivity index (χ3n) is 6.27. The Hall–Kier alpha value is -4.50. The summed E-state index contributed by atoms with van der Waals surface area (Å²) in [5.74, 6) is 1.27. The van der Waals surface area contributed by atoms with Gasteiger partial charge in [0.25, 0.3) is 5.56 Å². The number of alkyl carbamates (subject to hydrolysis) is 1. The van der Waals surface area contributed by atoms with Crippen LogP contribution in [0.2, 0.25) is 0 Å². The molecule has 3 aromatic carbocycles. The molecule has 0 bridgehead atoms. The number of carbonyl (C=O) groups is 1. The quantitative estimate of drug-likeness (QED) is 0.335. The van der Waals surface area contributed by atoms with Gasteiger partial charge in [-0.05, 0) is 47.9 Å². The van der Waals surface area contributed by atoms with Gasteiger partial charge in [-0.25, -0.2) is 14.9 Å². The van der Waals surface area contributed by atoms with Gasteiger partial charge in [-0.1, -0.05) is 36.4 Å². The summed E-state index contributed by atoms with van der Waals surface area (Å²) in [6, 6.07) is 19.5. The summed E-state index contributed by atoms with van der Waals surface area (Å²) in [5, 5.41) is 11.1. The maximum absolute atomic E-state index is 12.2. The van der Waals surface area contributed by atoms with Gasteiger partial charge in [0, 0.05) is 30.9 Å². The molecule has 0 unspecified atom stereocenters. The van der Waals surface area contributed by atoms with Crippen LogP contribution in [0.3, 0.4) is 0 Å². The number of nitrogens with zero attached hydrogens (tertiary/aromatic N) is 2. The number of H-pyrrole nitrogens is 1. The maximum atomic E-state index is 12.2. The second kappa shape index (κ2) is 11.3. The minimum Gasteiger partial charge on any atom is -0.491 e. The smallest absolute Gasteiger partial charge is 0.412 e. The van der Waals surface area contributed by atoms with Gasteiger partial charge in [-0.15, -0.1) is 0 Å². The molecule has 9 heteroatoms. The van der Waals surface area contributed by atoms with Crippen molar-refractivity contribution in [1.82, 2.24) is 15.5 Å². The van der Waals surface area contributed by atoms with E-state index in [1.54, 1.807) is 20.1 Å². The Labute approximate surface area is 219 Å². The van der Waals surface area contributed by atoms with Gasteiger partial charge in [0.05, 0.1) is 30.0 Å². The molecule has 1 amide bonds. The first-order valence-electron chi connectivity index (χ1n) is 12.4. The van der Waals surface area contributed by atoms with Crippen molar-refractivity contribution < 1.29 is 19.0 Å². The molecule has 0 saturated carbocycles. The molecular weight excluding hydrogens is 484 g/mol. The second-order valence-corrected chi connectivity index (χ2v) is 8.82. The van der Waals surface area contributed by atoms with Crippen molar-refractivity contribution in [3.05, 3.63) is 87.8 Å². The number of hydrogen-bond acceptors (Lipinski definition) is 7. The molecule has 9 nitrogen and oxygen atoms in total. The number of amides is 1. The zero-order chi connectivity index (χ0) is 26.5. The number of aliphatic imine (C=N–C) groups is 1. The molecule has 0 saturated heterocycles. The lowest BCUT2D eigenvalue weighted by molar-refractivity contribution is 0.146. The zero-order valence-electron chi connectivity index (χ0n) is 21.2. The molecule has 0 radical (unpaired) electrons. The van der Waals surface area contributed by atoms with Gasteiger partial charge in [-0.2, -0.15) is 5.10 Å². The van der Waals surface area contributed by atoms with Crippen LogP contribution >= 0.6 is 0 Å². The number of fused-ring (bicyclic) bond motifs is 2.